The summed E-state index contributed by atoms with van der Waals surface area (Å²) < 4.78 is 17.0. The van der Waals surface area contributed by atoms with Gasteiger partial charge in [0.15, 0.2) is 11.5 Å². The molecular weight excluding hydrogens is 300 g/mol. The molecule has 2 rings (SSSR count). The number of hydrogen-bond donors (Lipinski definition) is 0. The second kappa shape index (κ2) is 8.54. The van der Waals surface area contributed by atoms with Gasteiger partial charge in [0.2, 0.25) is 0 Å². The number of para-hydroxylation sites is 2. The molecule has 0 radical (unpaired) electrons. The molecule has 0 aliphatic heterocycles. The van der Waals surface area contributed by atoms with Crippen LogP contribution in [0.15, 0.2) is 42.5 Å². The fraction of sp³-hybridized carbons (Fsp3) is 0.333. The van der Waals surface area contributed by atoms with Crippen LogP contribution >= 0.6 is 11.6 Å². The van der Waals surface area contributed by atoms with Gasteiger partial charge in [-0.3, -0.25) is 0 Å². The topological polar surface area (TPSA) is 27.7 Å². The van der Waals surface area contributed by atoms with E-state index in [4.69, 9.17) is 25.8 Å². The first-order chi connectivity index (χ1) is 10.7. The molecule has 0 amide bonds. The number of ether oxygens (including phenoxy) is 3. The molecule has 0 saturated carbocycles. The first kappa shape index (κ1) is 16.5. The Hall–Kier alpha value is -1.87. The summed E-state index contributed by atoms with van der Waals surface area (Å²) in [6.07, 6.45) is 0.769. The first-order valence-electron chi connectivity index (χ1n) is 7.44. The van der Waals surface area contributed by atoms with Gasteiger partial charge in [-0.25, -0.2) is 0 Å². The third-order valence-electron chi connectivity index (χ3n) is 3.04. The summed E-state index contributed by atoms with van der Waals surface area (Å²) in [7, 11) is 0. The molecule has 0 saturated heterocycles. The predicted molar refractivity (Wildman–Crippen MR) is 89.4 cm³/mol. The zero-order chi connectivity index (χ0) is 15.8. The van der Waals surface area contributed by atoms with Crippen molar-refractivity contribution in [2.45, 2.75) is 20.3 Å². The highest BCUT2D eigenvalue weighted by atomic mass is 35.5. The third-order valence-corrected chi connectivity index (χ3v) is 3.35. The van der Waals surface area contributed by atoms with Crippen molar-refractivity contribution < 1.29 is 14.2 Å². The molecule has 3 nitrogen and oxygen atoms in total. The van der Waals surface area contributed by atoms with Crippen molar-refractivity contribution >= 4 is 11.6 Å². The van der Waals surface area contributed by atoms with Gasteiger partial charge in [-0.15, -0.1) is 0 Å². The summed E-state index contributed by atoms with van der Waals surface area (Å²) in [4.78, 5) is 0. The minimum atomic E-state index is 0.556. The molecule has 0 spiro atoms. The lowest BCUT2D eigenvalue weighted by Gasteiger charge is -2.12. The minimum Gasteiger partial charge on any atom is -0.492 e. The Balaban J connectivity index is 1.77. The molecule has 2 aromatic carbocycles. The summed E-state index contributed by atoms with van der Waals surface area (Å²) in [5.74, 6) is 2.25. The van der Waals surface area contributed by atoms with E-state index in [-0.39, 0.29) is 0 Å². The molecule has 118 valence electrons. The Morgan fingerprint density at radius 2 is 1.50 bits per heavy atom. The summed E-state index contributed by atoms with van der Waals surface area (Å²) in [6, 6.07) is 13.4. The second-order valence-electron chi connectivity index (χ2n) is 4.86. The summed E-state index contributed by atoms with van der Waals surface area (Å²) in [6.45, 7) is 5.70. The molecule has 0 aromatic heterocycles. The van der Waals surface area contributed by atoms with Crippen molar-refractivity contribution in [3.63, 3.8) is 0 Å². The van der Waals surface area contributed by atoms with Crippen LogP contribution in [0.3, 0.4) is 0 Å². The molecular formula is C18H21ClO3. The standard InChI is InChI=1S/C18H21ClO3/c1-3-20-16-7-4-5-8-17(16)21-11-6-12-22-18-13-14(2)9-10-15(18)19/h4-5,7-10,13H,3,6,11-12H2,1-2H3. The van der Waals surface area contributed by atoms with Crippen LogP contribution in [0, 0.1) is 6.92 Å². The Morgan fingerprint density at radius 3 is 2.18 bits per heavy atom. The van der Waals surface area contributed by atoms with Crippen molar-refractivity contribution in [1.82, 2.24) is 0 Å². The van der Waals surface area contributed by atoms with Gasteiger partial charge in [-0.2, -0.15) is 0 Å². The highest BCUT2D eigenvalue weighted by Gasteiger charge is 2.04. The van der Waals surface area contributed by atoms with Crippen molar-refractivity contribution in [1.29, 1.82) is 0 Å². The van der Waals surface area contributed by atoms with Gasteiger partial charge >= 0.3 is 0 Å². The van der Waals surface area contributed by atoms with Gasteiger partial charge in [0.1, 0.15) is 5.75 Å². The Kier molecular flexibility index (Phi) is 6.41. The van der Waals surface area contributed by atoms with Crippen molar-refractivity contribution in [3.05, 3.63) is 53.1 Å². The number of halogens is 1. The Bertz CT molecular complexity index is 599. The molecule has 0 heterocycles. The van der Waals surface area contributed by atoms with E-state index in [0.29, 0.717) is 24.8 Å². The number of hydrogen-bond acceptors (Lipinski definition) is 3. The van der Waals surface area contributed by atoms with Crippen molar-refractivity contribution in [2.75, 3.05) is 19.8 Å². The monoisotopic (exact) mass is 320 g/mol. The van der Waals surface area contributed by atoms with E-state index < -0.39 is 0 Å². The average molecular weight is 321 g/mol. The van der Waals surface area contributed by atoms with Crippen LogP contribution in [-0.4, -0.2) is 19.8 Å². The number of benzene rings is 2. The van der Waals surface area contributed by atoms with Gasteiger partial charge in [0.25, 0.3) is 0 Å². The van der Waals surface area contributed by atoms with Crippen LogP contribution in [0.4, 0.5) is 0 Å². The lowest BCUT2D eigenvalue weighted by molar-refractivity contribution is 0.236. The zero-order valence-corrected chi connectivity index (χ0v) is 13.7. The van der Waals surface area contributed by atoms with Crippen LogP contribution in [0.2, 0.25) is 5.02 Å². The maximum Gasteiger partial charge on any atom is 0.161 e. The highest BCUT2D eigenvalue weighted by molar-refractivity contribution is 6.32. The van der Waals surface area contributed by atoms with Crippen molar-refractivity contribution in [2.24, 2.45) is 0 Å². The summed E-state index contributed by atoms with van der Waals surface area (Å²) in [5.41, 5.74) is 1.13. The largest absolute Gasteiger partial charge is 0.492 e. The molecule has 0 aliphatic rings. The normalized spacial score (nSPS) is 10.3. The Morgan fingerprint density at radius 1 is 0.864 bits per heavy atom. The molecule has 0 bridgehead atoms. The lowest BCUT2D eigenvalue weighted by atomic mass is 10.2. The van der Waals surface area contributed by atoms with Gasteiger partial charge in [-0.1, -0.05) is 29.8 Å². The Labute approximate surface area is 136 Å². The van der Waals surface area contributed by atoms with Gasteiger partial charge in [0.05, 0.1) is 24.8 Å². The fourth-order valence-corrected chi connectivity index (χ4v) is 2.16. The van der Waals surface area contributed by atoms with Crippen LogP contribution < -0.4 is 14.2 Å². The van der Waals surface area contributed by atoms with Gasteiger partial charge < -0.3 is 14.2 Å². The molecule has 0 N–H and O–H groups in total. The lowest BCUT2D eigenvalue weighted by Crippen LogP contribution is -2.06. The third kappa shape index (κ3) is 4.85. The van der Waals surface area contributed by atoms with Gasteiger partial charge in [0, 0.05) is 6.42 Å². The summed E-state index contributed by atoms with van der Waals surface area (Å²) >= 11 is 6.09. The van der Waals surface area contributed by atoms with Crippen LogP contribution in [0.1, 0.15) is 18.9 Å². The minimum absolute atomic E-state index is 0.556. The van der Waals surface area contributed by atoms with E-state index in [1.54, 1.807) is 0 Å². The highest BCUT2D eigenvalue weighted by Crippen LogP contribution is 2.27. The maximum absolute atomic E-state index is 6.09. The first-order valence-corrected chi connectivity index (χ1v) is 7.82. The van der Waals surface area contributed by atoms with Crippen LogP contribution in [-0.2, 0) is 0 Å². The van der Waals surface area contributed by atoms with E-state index >= 15 is 0 Å². The SMILES string of the molecule is CCOc1ccccc1OCCCOc1cc(C)ccc1Cl. The molecule has 0 unspecified atom stereocenters. The number of rotatable bonds is 8. The fourth-order valence-electron chi connectivity index (χ4n) is 1.99. The molecule has 0 atom stereocenters. The van der Waals surface area contributed by atoms with Crippen LogP contribution in [0.5, 0.6) is 17.2 Å². The van der Waals surface area contributed by atoms with Gasteiger partial charge in [-0.05, 0) is 43.7 Å². The quantitative estimate of drug-likeness (QED) is 0.648. The molecule has 4 heteroatoms. The van der Waals surface area contributed by atoms with Crippen molar-refractivity contribution in [3.8, 4) is 17.2 Å². The molecule has 22 heavy (non-hydrogen) atoms. The maximum atomic E-state index is 6.09. The van der Waals surface area contributed by atoms with E-state index in [0.717, 1.165) is 29.2 Å². The molecule has 0 aliphatic carbocycles. The van der Waals surface area contributed by atoms with Crippen LogP contribution in [0.25, 0.3) is 0 Å². The van der Waals surface area contributed by atoms with E-state index in [9.17, 15) is 0 Å². The van der Waals surface area contributed by atoms with E-state index in [1.807, 2.05) is 56.3 Å². The predicted octanol–water partition coefficient (Wildman–Crippen LogP) is 4.90. The number of aryl methyl sites for hydroxylation is 1. The molecule has 2 aromatic rings. The van der Waals surface area contributed by atoms with E-state index in [1.165, 1.54) is 0 Å². The van der Waals surface area contributed by atoms with E-state index in [2.05, 4.69) is 0 Å². The zero-order valence-electron chi connectivity index (χ0n) is 13.0. The smallest absolute Gasteiger partial charge is 0.161 e. The second-order valence-corrected chi connectivity index (χ2v) is 5.27. The summed E-state index contributed by atoms with van der Waals surface area (Å²) in [5, 5.41) is 0.633. The average Bonchev–Trinajstić information content (AvgIpc) is 2.52. The molecule has 0 fully saturated rings.